The lowest BCUT2D eigenvalue weighted by atomic mass is 10.0. The molecule has 112 valence electrons. The van der Waals surface area contributed by atoms with Gasteiger partial charge in [-0.2, -0.15) is 0 Å². The van der Waals surface area contributed by atoms with Crippen molar-refractivity contribution in [3.8, 4) is 0 Å². The first kappa shape index (κ1) is 13.7. The fourth-order valence-corrected chi connectivity index (χ4v) is 2.59. The fraction of sp³-hybridized carbons (Fsp3) is 0.538. The maximum Gasteiger partial charge on any atom is 0.287 e. The predicted octanol–water partition coefficient (Wildman–Crippen LogP) is 0.222. The zero-order chi connectivity index (χ0) is 14.8. The number of pyridine rings is 1. The van der Waals surface area contributed by atoms with E-state index in [0.29, 0.717) is 12.4 Å². The Morgan fingerprint density at radius 1 is 1.48 bits per heavy atom. The van der Waals surface area contributed by atoms with Crippen molar-refractivity contribution in [2.75, 3.05) is 31.5 Å². The predicted molar refractivity (Wildman–Crippen MR) is 75.9 cm³/mol. The van der Waals surface area contributed by atoms with Crippen molar-refractivity contribution in [1.29, 1.82) is 0 Å². The molecule has 0 saturated carbocycles. The molecule has 1 atom stereocenters. The highest BCUT2D eigenvalue weighted by Crippen LogP contribution is 2.19. The third kappa shape index (κ3) is 2.94. The molecule has 1 aromatic heterocycles. The minimum atomic E-state index is -0.473. The van der Waals surface area contributed by atoms with Gasteiger partial charge in [0.15, 0.2) is 0 Å². The van der Waals surface area contributed by atoms with Crippen LogP contribution in [0.5, 0.6) is 0 Å². The third-order valence-electron chi connectivity index (χ3n) is 3.94. The van der Waals surface area contributed by atoms with Crippen molar-refractivity contribution in [3.05, 3.63) is 28.4 Å². The van der Waals surface area contributed by atoms with Crippen LogP contribution in [0.15, 0.2) is 18.3 Å². The number of nitrogens with zero attached hydrogens (tertiary/aromatic N) is 3. The number of carbonyl (C=O) groups excluding carboxylic acids is 1. The molecular weight excluding hydrogens is 274 g/mol. The van der Waals surface area contributed by atoms with Gasteiger partial charge in [0, 0.05) is 38.3 Å². The van der Waals surface area contributed by atoms with Crippen LogP contribution in [0.25, 0.3) is 0 Å². The molecule has 0 aliphatic carbocycles. The Kier molecular flexibility index (Phi) is 3.70. The lowest BCUT2D eigenvalue weighted by molar-refractivity contribution is -0.385. The lowest BCUT2D eigenvalue weighted by Gasteiger charge is -2.30. The standard InChI is InChI=1S/C13H17N5O3/c19-13(9-5-14-6-9)17-4-3-10(8-17)16-12-2-1-11(7-15-12)18(20)21/h1-2,7,9-10,14H,3-6,8H2,(H,15,16). The highest BCUT2D eigenvalue weighted by molar-refractivity contribution is 5.80. The number of carbonyl (C=O) groups is 1. The van der Waals surface area contributed by atoms with E-state index >= 15 is 0 Å². The van der Waals surface area contributed by atoms with E-state index in [4.69, 9.17) is 0 Å². The van der Waals surface area contributed by atoms with Crippen LogP contribution >= 0.6 is 0 Å². The monoisotopic (exact) mass is 291 g/mol. The molecule has 0 spiro atoms. The van der Waals surface area contributed by atoms with Gasteiger partial charge < -0.3 is 15.5 Å². The molecule has 2 saturated heterocycles. The number of likely N-dealkylation sites (tertiary alicyclic amines) is 1. The van der Waals surface area contributed by atoms with Crippen LogP contribution in [-0.4, -0.2) is 52.9 Å². The lowest BCUT2D eigenvalue weighted by Crippen LogP contribution is -2.51. The van der Waals surface area contributed by atoms with E-state index in [9.17, 15) is 14.9 Å². The van der Waals surface area contributed by atoms with Gasteiger partial charge in [-0.05, 0) is 12.5 Å². The summed E-state index contributed by atoms with van der Waals surface area (Å²) in [7, 11) is 0. The van der Waals surface area contributed by atoms with Gasteiger partial charge in [-0.25, -0.2) is 4.98 Å². The normalized spacial score (nSPS) is 21.9. The van der Waals surface area contributed by atoms with Crippen LogP contribution < -0.4 is 10.6 Å². The van der Waals surface area contributed by atoms with E-state index < -0.39 is 4.92 Å². The van der Waals surface area contributed by atoms with Gasteiger partial charge >= 0.3 is 0 Å². The largest absolute Gasteiger partial charge is 0.365 e. The molecule has 8 heteroatoms. The molecule has 21 heavy (non-hydrogen) atoms. The topological polar surface area (TPSA) is 100 Å². The van der Waals surface area contributed by atoms with Gasteiger partial charge in [-0.1, -0.05) is 0 Å². The van der Waals surface area contributed by atoms with Crippen molar-refractivity contribution < 1.29 is 9.72 Å². The Bertz CT molecular complexity index is 543. The molecule has 2 N–H and O–H groups in total. The van der Waals surface area contributed by atoms with E-state index in [2.05, 4.69) is 15.6 Å². The number of nitro groups is 1. The molecule has 8 nitrogen and oxygen atoms in total. The zero-order valence-electron chi connectivity index (χ0n) is 11.5. The maximum absolute atomic E-state index is 12.1. The van der Waals surface area contributed by atoms with Gasteiger partial charge in [0.25, 0.3) is 5.69 Å². The summed E-state index contributed by atoms with van der Waals surface area (Å²) in [6.45, 7) is 2.96. The van der Waals surface area contributed by atoms with Gasteiger partial charge in [-0.3, -0.25) is 14.9 Å². The van der Waals surface area contributed by atoms with E-state index in [1.807, 2.05) is 4.90 Å². The summed E-state index contributed by atoms with van der Waals surface area (Å²) in [5.41, 5.74) is -0.0266. The van der Waals surface area contributed by atoms with Gasteiger partial charge in [0.1, 0.15) is 12.0 Å². The molecule has 0 bridgehead atoms. The van der Waals surface area contributed by atoms with Crippen molar-refractivity contribution in [1.82, 2.24) is 15.2 Å². The van der Waals surface area contributed by atoms with Crippen LogP contribution in [-0.2, 0) is 4.79 Å². The van der Waals surface area contributed by atoms with Gasteiger partial charge in [0.05, 0.1) is 10.8 Å². The summed E-state index contributed by atoms with van der Waals surface area (Å²) in [6, 6.07) is 3.17. The van der Waals surface area contributed by atoms with E-state index in [1.54, 1.807) is 6.07 Å². The molecule has 2 fully saturated rings. The van der Waals surface area contributed by atoms with Crippen molar-refractivity contribution in [3.63, 3.8) is 0 Å². The second-order valence-corrected chi connectivity index (χ2v) is 5.43. The molecule has 2 aliphatic rings. The number of rotatable bonds is 4. The second-order valence-electron chi connectivity index (χ2n) is 5.43. The van der Waals surface area contributed by atoms with Crippen LogP contribution in [0.1, 0.15) is 6.42 Å². The Labute approximate surface area is 121 Å². The molecule has 3 heterocycles. The molecule has 3 rings (SSSR count). The number of hydrogen-bond acceptors (Lipinski definition) is 6. The first-order valence-corrected chi connectivity index (χ1v) is 7.00. The third-order valence-corrected chi connectivity index (χ3v) is 3.94. The number of hydrogen-bond donors (Lipinski definition) is 2. The minimum Gasteiger partial charge on any atom is -0.365 e. The van der Waals surface area contributed by atoms with Crippen molar-refractivity contribution >= 4 is 17.4 Å². The average molecular weight is 291 g/mol. The molecule has 1 unspecified atom stereocenters. The SMILES string of the molecule is O=C(C1CNC1)N1CCC(Nc2ccc([N+](=O)[O-])cn2)C1. The summed E-state index contributed by atoms with van der Waals surface area (Å²) in [5, 5.41) is 16.9. The Morgan fingerprint density at radius 3 is 2.86 bits per heavy atom. The van der Waals surface area contributed by atoms with Crippen LogP contribution in [0, 0.1) is 16.0 Å². The van der Waals surface area contributed by atoms with Crippen LogP contribution in [0.3, 0.4) is 0 Å². The van der Waals surface area contributed by atoms with Crippen LogP contribution in [0.4, 0.5) is 11.5 Å². The van der Waals surface area contributed by atoms with Crippen LogP contribution in [0.2, 0.25) is 0 Å². The summed E-state index contributed by atoms with van der Waals surface area (Å²) in [6.07, 6.45) is 2.10. The average Bonchev–Trinajstić information content (AvgIpc) is 2.86. The summed E-state index contributed by atoms with van der Waals surface area (Å²) in [5.74, 6) is 0.946. The highest BCUT2D eigenvalue weighted by Gasteiger charge is 2.33. The molecular formula is C13H17N5O3. The Morgan fingerprint density at radius 2 is 2.29 bits per heavy atom. The number of aromatic nitrogens is 1. The maximum atomic E-state index is 12.1. The minimum absolute atomic E-state index is 0.0266. The van der Waals surface area contributed by atoms with E-state index in [-0.39, 0.29) is 23.6 Å². The van der Waals surface area contributed by atoms with E-state index in [1.165, 1.54) is 12.3 Å². The number of amides is 1. The van der Waals surface area contributed by atoms with Crippen molar-refractivity contribution in [2.45, 2.75) is 12.5 Å². The first-order chi connectivity index (χ1) is 10.1. The van der Waals surface area contributed by atoms with Crippen molar-refractivity contribution in [2.24, 2.45) is 5.92 Å². The molecule has 1 amide bonds. The quantitative estimate of drug-likeness (QED) is 0.608. The number of anilines is 1. The molecule has 1 aromatic rings. The Balaban J connectivity index is 1.54. The van der Waals surface area contributed by atoms with Gasteiger partial charge in [0.2, 0.25) is 5.91 Å². The fourth-order valence-electron chi connectivity index (χ4n) is 2.59. The highest BCUT2D eigenvalue weighted by atomic mass is 16.6. The second kappa shape index (κ2) is 5.65. The smallest absolute Gasteiger partial charge is 0.287 e. The zero-order valence-corrected chi connectivity index (χ0v) is 11.5. The molecule has 0 radical (unpaired) electrons. The summed E-state index contributed by atoms with van der Waals surface area (Å²) in [4.78, 5) is 28.1. The van der Waals surface area contributed by atoms with Gasteiger partial charge in [-0.15, -0.1) is 0 Å². The van der Waals surface area contributed by atoms with E-state index in [0.717, 1.165) is 26.1 Å². The molecule has 0 aromatic carbocycles. The Hall–Kier alpha value is -2.22. The summed E-state index contributed by atoms with van der Waals surface area (Å²) < 4.78 is 0. The summed E-state index contributed by atoms with van der Waals surface area (Å²) >= 11 is 0. The molecule has 2 aliphatic heterocycles. The first-order valence-electron chi connectivity index (χ1n) is 7.00. The number of nitrogens with one attached hydrogen (secondary N) is 2.